The summed E-state index contributed by atoms with van der Waals surface area (Å²) in [5, 5.41) is 3.17. The van der Waals surface area contributed by atoms with Gasteiger partial charge in [0.2, 0.25) is 5.91 Å². The van der Waals surface area contributed by atoms with Crippen molar-refractivity contribution in [2.75, 3.05) is 0 Å². The maximum absolute atomic E-state index is 12.1. The van der Waals surface area contributed by atoms with E-state index in [1.165, 1.54) is 5.56 Å². The molecule has 1 amide bonds. The summed E-state index contributed by atoms with van der Waals surface area (Å²) in [6, 6.07) is 10.3. The molecule has 0 bridgehead atoms. The van der Waals surface area contributed by atoms with E-state index in [2.05, 4.69) is 31.3 Å². The molecule has 0 radical (unpaired) electrons. The average molecular weight is 247 g/mol. The lowest BCUT2D eigenvalue weighted by Crippen LogP contribution is -2.37. The first kappa shape index (κ1) is 14.7. The predicted octanol–water partition coefficient (Wildman–Crippen LogP) is 3.94. The van der Waals surface area contributed by atoms with Gasteiger partial charge in [0.25, 0.3) is 0 Å². The molecule has 1 aromatic rings. The van der Waals surface area contributed by atoms with E-state index < -0.39 is 0 Å². The van der Waals surface area contributed by atoms with Gasteiger partial charge in [-0.2, -0.15) is 0 Å². The third-order valence-corrected chi connectivity index (χ3v) is 2.90. The Morgan fingerprint density at radius 3 is 2.17 bits per heavy atom. The highest BCUT2D eigenvalue weighted by Crippen LogP contribution is 2.23. The van der Waals surface area contributed by atoms with Crippen LogP contribution < -0.4 is 5.32 Å². The van der Waals surface area contributed by atoms with Gasteiger partial charge in [-0.15, -0.1) is 0 Å². The molecule has 1 aromatic carbocycles. The second-order valence-corrected chi connectivity index (χ2v) is 6.32. The Kier molecular flexibility index (Phi) is 4.94. The van der Waals surface area contributed by atoms with E-state index in [-0.39, 0.29) is 17.4 Å². The van der Waals surface area contributed by atoms with Crippen LogP contribution in [0.1, 0.15) is 52.6 Å². The molecule has 1 atom stereocenters. The van der Waals surface area contributed by atoms with E-state index in [1.54, 1.807) is 0 Å². The molecule has 0 aliphatic carbocycles. The van der Waals surface area contributed by atoms with Crippen LogP contribution in [0.3, 0.4) is 0 Å². The number of carbonyl (C=O) groups excluding carboxylic acids is 1. The molecule has 0 saturated carbocycles. The fourth-order valence-electron chi connectivity index (χ4n) is 1.81. The summed E-state index contributed by atoms with van der Waals surface area (Å²) in [7, 11) is 0. The molecule has 18 heavy (non-hydrogen) atoms. The highest BCUT2D eigenvalue weighted by Gasteiger charge is 2.24. The summed E-state index contributed by atoms with van der Waals surface area (Å²) >= 11 is 0. The smallest absolute Gasteiger partial charge is 0.225 e. The Morgan fingerprint density at radius 1 is 1.17 bits per heavy atom. The lowest BCUT2D eigenvalue weighted by atomic mass is 9.92. The van der Waals surface area contributed by atoms with Crippen LogP contribution in [0.5, 0.6) is 0 Å². The SMILES string of the molecule is CC(C)C[C@H](NC(=O)C(C)(C)C)c1ccccc1. The minimum absolute atomic E-state index is 0.108. The Hall–Kier alpha value is -1.31. The summed E-state index contributed by atoms with van der Waals surface area (Å²) in [5.41, 5.74) is 0.841. The van der Waals surface area contributed by atoms with Gasteiger partial charge in [0.05, 0.1) is 6.04 Å². The molecule has 2 nitrogen and oxygen atoms in total. The molecule has 0 aromatic heterocycles. The monoisotopic (exact) mass is 247 g/mol. The number of carbonyl (C=O) groups is 1. The van der Waals surface area contributed by atoms with Gasteiger partial charge in [-0.05, 0) is 17.9 Å². The molecular formula is C16H25NO. The van der Waals surface area contributed by atoms with Crippen LogP contribution in [0.2, 0.25) is 0 Å². The first-order valence-corrected chi connectivity index (χ1v) is 6.66. The molecule has 1 N–H and O–H groups in total. The normalized spacial score (nSPS) is 13.4. The molecule has 2 heteroatoms. The van der Waals surface area contributed by atoms with Gasteiger partial charge < -0.3 is 5.32 Å². The van der Waals surface area contributed by atoms with Crippen LogP contribution in [-0.2, 0) is 4.79 Å². The van der Waals surface area contributed by atoms with Crippen molar-refractivity contribution in [2.24, 2.45) is 11.3 Å². The Labute approximate surface area is 111 Å². The Bertz CT molecular complexity index is 376. The minimum Gasteiger partial charge on any atom is -0.349 e. The second-order valence-electron chi connectivity index (χ2n) is 6.32. The van der Waals surface area contributed by atoms with Gasteiger partial charge in [0.15, 0.2) is 0 Å². The van der Waals surface area contributed by atoms with E-state index in [0.717, 1.165) is 6.42 Å². The molecule has 1 rings (SSSR count). The van der Waals surface area contributed by atoms with Gasteiger partial charge in [0, 0.05) is 5.41 Å². The minimum atomic E-state index is -0.343. The van der Waals surface area contributed by atoms with Crippen LogP contribution in [0, 0.1) is 11.3 Å². The largest absolute Gasteiger partial charge is 0.349 e. The van der Waals surface area contributed by atoms with Crippen LogP contribution in [0.4, 0.5) is 0 Å². The zero-order valence-corrected chi connectivity index (χ0v) is 12.2. The quantitative estimate of drug-likeness (QED) is 0.858. The summed E-state index contributed by atoms with van der Waals surface area (Å²) in [6.07, 6.45) is 0.964. The van der Waals surface area contributed by atoms with Gasteiger partial charge >= 0.3 is 0 Å². The first-order chi connectivity index (χ1) is 8.30. The van der Waals surface area contributed by atoms with Crippen LogP contribution in [0.15, 0.2) is 30.3 Å². The van der Waals surface area contributed by atoms with Crippen molar-refractivity contribution in [1.29, 1.82) is 0 Å². The van der Waals surface area contributed by atoms with E-state index in [9.17, 15) is 4.79 Å². The summed E-state index contributed by atoms with van der Waals surface area (Å²) in [6.45, 7) is 10.2. The number of amides is 1. The van der Waals surface area contributed by atoms with Crippen molar-refractivity contribution in [2.45, 2.75) is 47.1 Å². The maximum Gasteiger partial charge on any atom is 0.225 e. The van der Waals surface area contributed by atoms with Crippen molar-refractivity contribution >= 4 is 5.91 Å². The van der Waals surface area contributed by atoms with Gasteiger partial charge in [0.1, 0.15) is 0 Å². The molecule has 0 unspecified atom stereocenters. The lowest BCUT2D eigenvalue weighted by Gasteiger charge is -2.26. The first-order valence-electron chi connectivity index (χ1n) is 6.66. The van der Waals surface area contributed by atoms with E-state index >= 15 is 0 Å². The third-order valence-electron chi connectivity index (χ3n) is 2.90. The number of hydrogen-bond acceptors (Lipinski definition) is 1. The van der Waals surface area contributed by atoms with Gasteiger partial charge in [-0.1, -0.05) is 65.0 Å². The van der Waals surface area contributed by atoms with Crippen LogP contribution in [0.25, 0.3) is 0 Å². The molecular weight excluding hydrogens is 222 g/mol. The molecule has 0 aliphatic rings. The lowest BCUT2D eigenvalue weighted by molar-refractivity contribution is -0.129. The van der Waals surface area contributed by atoms with Gasteiger partial charge in [-0.3, -0.25) is 4.79 Å². The topological polar surface area (TPSA) is 29.1 Å². The van der Waals surface area contributed by atoms with E-state index in [4.69, 9.17) is 0 Å². The zero-order valence-electron chi connectivity index (χ0n) is 12.2. The van der Waals surface area contributed by atoms with E-state index in [1.807, 2.05) is 39.0 Å². The number of hydrogen-bond donors (Lipinski definition) is 1. The fourth-order valence-corrected chi connectivity index (χ4v) is 1.81. The molecule has 0 saturated heterocycles. The number of nitrogens with one attached hydrogen (secondary N) is 1. The highest BCUT2D eigenvalue weighted by molar-refractivity contribution is 5.81. The summed E-state index contributed by atoms with van der Waals surface area (Å²) in [5.74, 6) is 0.660. The number of rotatable bonds is 4. The van der Waals surface area contributed by atoms with Gasteiger partial charge in [-0.25, -0.2) is 0 Å². The fraction of sp³-hybridized carbons (Fsp3) is 0.562. The second kappa shape index (κ2) is 6.03. The van der Waals surface area contributed by atoms with Crippen LogP contribution >= 0.6 is 0 Å². The van der Waals surface area contributed by atoms with Crippen molar-refractivity contribution in [3.8, 4) is 0 Å². The number of benzene rings is 1. The molecule has 100 valence electrons. The average Bonchev–Trinajstić information content (AvgIpc) is 2.27. The maximum atomic E-state index is 12.1. The highest BCUT2D eigenvalue weighted by atomic mass is 16.2. The molecule has 0 fully saturated rings. The summed E-state index contributed by atoms with van der Waals surface area (Å²) < 4.78 is 0. The molecule has 0 spiro atoms. The van der Waals surface area contributed by atoms with Crippen molar-refractivity contribution < 1.29 is 4.79 Å². The predicted molar refractivity (Wildman–Crippen MR) is 76.2 cm³/mol. The Morgan fingerprint density at radius 2 is 1.72 bits per heavy atom. The van der Waals surface area contributed by atoms with Crippen LogP contribution in [-0.4, -0.2) is 5.91 Å². The summed E-state index contributed by atoms with van der Waals surface area (Å²) in [4.78, 5) is 12.1. The molecule has 0 aliphatic heterocycles. The standard InChI is InChI=1S/C16H25NO/c1-12(2)11-14(13-9-7-6-8-10-13)17-15(18)16(3,4)5/h6-10,12,14H,11H2,1-5H3,(H,17,18)/t14-/m0/s1. The zero-order chi connectivity index (χ0) is 13.8. The van der Waals surface area contributed by atoms with E-state index in [0.29, 0.717) is 5.92 Å². The third kappa shape index (κ3) is 4.52. The van der Waals surface area contributed by atoms with Crippen molar-refractivity contribution in [3.63, 3.8) is 0 Å². The Balaban J connectivity index is 2.84. The van der Waals surface area contributed by atoms with Crippen molar-refractivity contribution in [1.82, 2.24) is 5.32 Å². The molecule has 0 heterocycles. The van der Waals surface area contributed by atoms with Crippen molar-refractivity contribution in [3.05, 3.63) is 35.9 Å².